The van der Waals surface area contributed by atoms with Crippen LogP contribution in [0.15, 0.2) is 158 Å². The monoisotopic (exact) mass is 926 g/mol. The fraction of sp³-hybridized carbons (Fsp3) is 0.231. The van der Waals surface area contributed by atoms with Gasteiger partial charge in [0.25, 0.3) is 0 Å². The molecule has 2 fully saturated rings. The number of sulfonamides is 2. The highest BCUT2D eigenvalue weighted by Gasteiger charge is 2.55. The lowest BCUT2D eigenvalue weighted by Gasteiger charge is -2.31. The molecule has 4 bridgehead atoms. The average molecular weight is 927 g/mol. The Morgan fingerprint density at radius 3 is 0.970 bits per heavy atom. The smallest absolute Gasteiger partial charge is 0.241 e. The van der Waals surface area contributed by atoms with Crippen molar-refractivity contribution in [2.75, 3.05) is 21.7 Å². The first-order valence-electron chi connectivity index (χ1n) is 21.9. The molecule has 0 aromatic heterocycles. The normalized spacial score (nSPS) is 22.0. The second-order valence-corrected chi connectivity index (χ2v) is 20.7. The van der Waals surface area contributed by atoms with E-state index in [9.17, 15) is 37.3 Å². The van der Waals surface area contributed by atoms with E-state index < -0.39 is 42.8 Å². The first kappa shape index (κ1) is 44.6. The number of para-hydroxylation sites is 2. The van der Waals surface area contributed by atoms with Gasteiger partial charge in [0.05, 0.1) is 23.6 Å². The molecule has 10 rings (SSSR count). The largest absolute Gasteiger partial charge is 0.508 e. The van der Waals surface area contributed by atoms with Crippen LogP contribution in [0.3, 0.4) is 0 Å². The Kier molecular flexibility index (Phi) is 12.2. The van der Waals surface area contributed by atoms with E-state index in [1.54, 1.807) is 97.1 Å². The summed E-state index contributed by atoms with van der Waals surface area (Å²) in [4.78, 5) is 0. The molecule has 0 spiro atoms. The number of anilines is 2. The van der Waals surface area contributed by atoms with Crippen LogP contribution in [0.25, 0.3) is 22.3 Å². The van der Waals surface area contributed by atoms with E-state index in [1.165, 1.54) is 8.61 Å². The molecule has 6 aromatic carbocycles. The second-order valence-electron chi connectivity index (χ2n) is 16.6. The Labute approximate surface area is 385 Å². The Balaban J connectivity index is 0.000000166. The van der Waals surface area contributed by atoms with Gasteiger partial charge in [0, 0.05) is 13.1 Å². The number of hydrogen-bond donors (Lipinski definition) is 4. The van der Waals surface area contributed by atoms with E-state index in [4.69, 9.17) is 9.47 Å². The van der Waals surface area contributed by atoms with Gasteiger partial charge in [0.15, 0.2) is 0 Å². The van der Waals surface area contributed by atoms with Gasteiger partial charge in [-0.1, -0.05) is 84.9 Å². The molecule has 0 unspecified atom stereocenters. The first-order valence-corrected chi connectivity index (χ1v) is 24.9. The van der Waals surface area contributed by atoms with Gasteiger partial charge in [0.1, 0.15) is 45.7 Å². The molecule has 4 aliphatic rings. The van der Waals surface area contributed by atoms with Crippen molar-refractivity contribution in [2.24, 2.45) is 0 Å². The summed E-state index contributed by atoms with van der Waals surface area (Å²) >= 11 is 0. The summed E-state index contributed by atoms with van der Waals surface area (Å²) in [5, 5.41) is 37.6. The van der Waals surface area contributed by atoms with Gasteiger partial charge in [-0.2, -0.15) is 0 Å². The lowest BCUT2D eigenvalue weighted by molar-refractivity contribution is 0.128. The number of aromatic hydroxyl groups is 4. The molecule has 0 saturated carbocycles. The highest BCUT2D eigenvalue weighted by molar-refractivity contribution is 7.93. The van der Waals surface area contributed by atoms with E-state index in [0.717, 1.165) is 44.5 Å². The second kappa shape index (κ2) is 18.0. The van der Waals surface area contributed by atoms with Crippen molar-refractivity contribution in [3.05, 3.63) is 180 Å². The number of hydrogen-bond acceptors (Lipinski definition) is 10. The van der Waals surface area contributed by atoms with Gasteiger partial charge >= 0.3 is 0 Å². The molecule has 2 saturated heterocycles. The first-order chi connectivity index (χ1) is 31.8. The number of fused-ring (bicyclic) bond motifs is 4. The van der Waals surface area contributed by atoms with Crippen LogP contribution in [0.1, 0.15) is 48.9 Å². The summed E-state index contributed by atoms with van der Waals surface area (Å²) in [6.07, 6.45) is -1.31. The van der Waals surface area contributed by atoms with Crippen LogP contribution in [0.5, 0.6) is 23.0 Å². The summed E-state index contributed by atoms with van der Waals surface area (Å²) in [6.45, 7) is 4.31. The van der Waals surface area contributed by atoms with Gasteiger partial charge in [-0.3, -0.25) is 8.61 Å². The van der Waals surface area contributed by atoms with E-state index in [1.807, 2.05) is 74.5 Å². The number of rotatable bonds is 12. The fourth-order valence-corrected chi connectivity index (χ4v) is 13.9. The van der Waals surface area contributed by atoms with Crippen molar-refractivity contribution in [1.82, 2.24) is 0 Å². The van der Waals surface area contributed by atoms with Gasteiger partial charge in [-0.05, 0) is 144 Å². The average Bonchev–Trinajstić information content (AvgIpc) is 4.13. The summed E-state index contributed by atoms with van der Waals surface area (Å²) in [7, 11) is -7.42. The molecule has 6 atom stereocenters. The number of nitrogens with zero attached hydrogens (tertiary/aromatic N) is 2. The predicted octanol–water partition coefficient (Wildman–Crippen LogP) is 8.81. The lowest BCUT2D eigenvalue weighted by Crippen LogP contribution is -2.43. The topological polar surface area (TPSA) is 174 Å². The zero-order chi connectivity index (χ0) is 46.3. The van der Waals surface area contributed by atoms with Crippen molar-refractivity contribution in [3.63, 3.8) is 0 Å². The predicted molar refractivity (Wildman–Crippen MR) is 257 cm³/mol. The van der Waals surface area contributed by atoms with Crippen LogP contribution in [0.2, 0.25) is 0 Å². The maximum atomic E-state index is 13.8. The number of phenols is 4. The Morgan fingerprint density at radius 2 is 0.697 bits per heavy atom. The Bertz CT molecular complexity index is 2780. The minimum Gasteiger partial charge on any atom is -0.508 e. The maximum Gasteiger partial charge on any atom is 0.241 e. The molecule has 0 radical (unpaired) electrons. The molecule has 4 heterocycles. The summed E-state index contributed by atoms with van der Waals surface area (Å²) in [5.41, 5.74) is 8.15. The van der Waals surface area contributed by atoms with Crippen LogP contribution in [0.4, 0.5) is 11.4 Å². The molecule has 4 aliphatic heterocycles. The van der Waals surface area contributed by atoms with Crippen molar-refractivity contribution < 1.29 is 46.7 Å². The molecular weight excluding hydrogens is 877 g/mol. The third-order valence-electron chi connectivity index (χ3n) is 12.7. The van der Waals surface area contributed by atoms with Gasteiger partial charge < -0.3 is 29.9 Å². The molecule has 12 nitrogen and oxygen atoms in total. The number of ether oxygens (including phenoxy) is 2. The molecule has 66 heavy (non-hydrogen) atoms. The molecule has 340 valence electrons. The SMILES string of the molecule is CCN(c1ccccc1)S(=O)(=O)[C@@H]1C[C@@H]2O[C@H]1C(c1ccc(O)cc1)=C2c1ccc(O)cc1.CCN(c1ccccc1)S(=O)(=O)[C@H]1C[C@H]2O[C@@H]1C(c1ccc(O)cc1)=C2c1ccc(O)cc1. The van der Waals surface area contributed by atoms with Crippen molar-refractivity contribution in [2.45, 2.75) is 61.6 Å². The van der Waals surface area contributed by atoms with Crippen LogP contribution in [0, 0.1) is 0 Å². The minimum absolute atomic E-state index is 0.139. The van der Waals surface area contributed by atoms with Gasteiger partial charge in [-0.15, -0.1) is 0 Å². The third kappa shape index (κ3) is 8.19. The van der Waals surface area contributed by atoms with Crippen molar-refractivity contribution in [1.29, 1.82) is 0 Å². The van der Waals surface area contributed by atoms with Crippen LogP contribution in [-0.2, 0) is 29.5 Å². The van der Waals surface area contributed by atoms with Crippen LogP contribution < -0.4 is 8.61 Å². The van der Waals surface area contributed by atoms with Gasteiger partial charge in [-0.25, -0.2) is 16.8 Å². The van der Waals surface area contributed by atoms with Gasteiger partial charge in [0.2, 0.25) is 20.0 Å². The molecular formula is C52H50N2O10S2. The molecule has 0 aliphatic carbocycles. The lowest BCUT2D eigenvalue weighted by atomic mass is 9.83. The third-order valence-corrected chi connectivity index (χ3v) is 17.3. The molecule has 6 aromatic rings. The number of phenolic OH excluding ortho intramolecular Hbond substituents is 4. The van der Waals surface area contributed by atoms with E-state index >= 15 is 0 Å². The quantitative estimate of drug-likeness (QED) is 0.0929. The summed E-state index contributed by atoms with van der Waals surface area (Å²) in [6, 6.07) is 45.5. The zero-order valence-corrected chi connectivity index (χ0v) is 37.9. The highest BCUT2D eigenvalue weighted by atomic mass is 32.2. The summed E-state index contributed by atoms with van der Waals surface area (Å²) < 4.78 is 70.8. The van der Waals surface area contributed by atoms with E-state index in [0.29, 0.717) is 37.3 Å². The standard InChI is InChI=1S/2C26H25NO5S/c2*1-2-27(19-6-4-3-5-7-19)33(30,31)23-16-22-24(17-8-12-20(28)13-9-17)25(26(23)32-22)18-10-14-21(29)15-11-18/h2*3-15,22-23,26,28-29H,2,16H2,1H3/t2*22-,23+,26+/m10/s1. The molecule has 0 amide bonds. The van der Waals surface area contributed by atoms with Crippen molar-refractivity contribution in [3.8, 4) is 23.0 Å². The van der Waals surface area contributed by atoms with E-state index in [-0.39, 0.29) is 35.2 Å². The van der Waals surface area contributed by atoms with Crippen LogP contribution in [-0.4, -0.2) is 85.3 Å². The zero-order valence-electron chi connectivity index (χ0n) is 36.3. The minimum atomic E-state index is -3.71. The number of benzene rings is 6. The Morgan fingerprint density at radius 1 is 0.424 bits per heavy atom. The Hall–Kier alpha value is -6.58. The highest BCUT2D eigenvalue weighted by Crippen LogP contribution is 2.53. The fourth-order valence-electron chi connectivity index (χ4n) is 9.82. The maximum absolute atomic E-state index is 13.8. The van der Waals surface area contributed by atoms with E-state index in [2.05, 4.69) is 0 Å². The molecule has 4 N–H and O–H groups in total. The summed E-state index contributed by atoms with van der Waals surface area (Å²) in [5.74, 6) is 0.605. The molecule has 14 heteroatoms. The van der Waals surface area contributed by atoms with Crippen molar-refractivity contribution >= 4 is 53.7 Å². The van der Waals surface area contributed by atoms with Crippen LogP contribution >= 0.6 is 0 Å².